The lowest BCUT2D eigenvalue weighted by Crippen LogP contribution is -1.90. The molecule has 0 atom stereocenters. The molecule has 0 bridgehead atoms. The topological polar surface area (TPSA) is 43.1 Å². The summed E-state index contributed by atoms with van der Waals surface area (Å²) in [5.74, 6) is 0.555. The van der Waals surface area contributed by atoms with E-state index in [4.69, 9.17) is 4.52 Å². The molecule has 54 valence electrons. The third-order valence-corrected chi connectivity index (χ3v) is 1.63. The van der Waals surface area contributed by atoms with E-state index in [1.165, 1.54) is 0 Å². The van der Waals surface area contributed by atoms with Crippen LogP contribution in [-0.2, 0) is 0 Å². The summed E-state index contributed by atoms with van der Waals surface area (Å²) < 4.78 is 4.58. The highest BCUT2D eigenvalue weighted by atomic mass is 79.9. The van der Waals surface area contributed by atoms with E-state index in [2.05, 4.69) is 21.1 Å². The fourth-order valence-corrected chi connectivity index (χ4v) is 1.33. The number of carbonyl (C=O) groups is 1. The SMILES string of the molecule is Cc1noc(C)c1C(=O)Br. The molecule has 0 saturated heterocycles. The molecule has 0 aliphatic rings. The van der Waals surface area contributed by atoms with Crippen molar-refractivity contribution in [2.45, 2.75) is 13.8 Å². The van der Waals surface area contributed by atoms with Crippen LogP contribution in [0, 0.1) is 13.8 Å². The summed E-state index contributed by atoms with van der Waals surface area (Å²) in [6, 6.07) is 0. The van der Waals surface area contributed by atoms with E-state index in [-0.39, 0.29) is 4.69 Å². The molecule has 4 heteroatoms. The predicted octanol–water partition coefficient (Wildman–Crippen LogP) is 1.83. The standard InChI is InChI=1S/C6H6BrNO2/c1-3-5(6(7)9)4(2)10-8-3/h1-2H3. The Bertz CT molecular complexity index is 247. The van der Waals surface area contributed by atoms with E-state index in [1.54, 1.807) is 13.8 Å². The third-order valence-electron chi connectivity index (χ3n) is 1.23. The van der Waals surface area contributed by atoms with Crippen molar-refractivity contribution >= 4 is 20.6 Å². The Labute approximate surface area is 66.5 Å². The Morgan fingerprint density at radius 1 is 1.60 bits per heavy atom. The fourth-order valence-electron chi connectivity index (χ4n) is 0.764. The Hall–Kier alpha value is -0.640. The second-order valence-corrected chi connectivity index (χ2v) is 2.69. The van der Waals surface area contributed by atoms with Gasteiger partial charge in [-0.15, -0.1) is 0 Å². The third kappa shape index (κ3) is 1.11. The molecule has 0 amide bonds. The molecule has 1 aromatic rings. The molecule has 1 heterocycles. The van der Waals surface area contributed by atoms with Crippen molar-refractivity contribution in [1.82, 2.24) is 5.16 Å². The van der Waals surface area contributed by atoms with Crippen molar-refractivity contribution in [3.05, 3.63) is 17.0 Å². The van der Waals surface area contributed by atoms with Gasteiger partial charge in [-0.1, -0.05) is 5.16 Å². The molecule has 1 rings (SSSR count). The summed E-state index contributed by atoms with van der Waals surface area (Å²) in [5, 5.41) is 3.61. The molecule has 10 heavy (non-hydrogen) atoms. The maximum absolute atomic E-state index is 10.8. The minimum Gasteiger partial charge on any atom is -0.361 e. The average molecular weight is 204 g/mol. The van der Waals surface area contributed by atoms with Gasteiger partial charge >= 0.3 is 0 Å². The smallest absolute Gasteiger partial charge is 0.233 e. The number of aromatic nitrogens is 1. The van der Waals surface area contributed by atoms with Gasteiger partial charge < -0.3 is 4.52 Å². The van der Waals surface area contributed by atoms with Gasteiger partial charge in [0.05, 0.1) is 11.3 Å². The summed E-state index contributed by atoms with van der Waals surface area (Å²) >= 11 is 2.82. The van der Waals surface area contributed by atoms with Crippen LogP contribution in [0.25, 0.3) is 0 Å². The first-order valence-electron chi connectivity index (χ1n) is 2.75. The van der Waals surface area contributed by atoms with E-state index in [0.29, 0.717) is 17.0 Å². The van der Waals surface area contributed by atoms with Crippen molar-refractivity contribution in [3.8, 4) is 0 Å². The Kier molecular flexibility index (Phi) is 1.89. The molecule has 0 aliphatic carbocycles. The van der Waals surface area contributed by atoms with Crippen LogP contribution in [0.2, 0.25) is 0 Å². The molecule has 0 aromatic carbocycles. The van der Waals surface area contributed by atoms with E-state index >= 15 is 0 Å². The highest BCUT2D eigenvalue weighted by molar-refractivity contribution is 9.18. The molecule has 0 aliphatic heterocycles. The van der Waals surface area contributed by atoms with Crippen molar-refractivity contribution < 1.29 is 9.32 Å². The van der Waals surface area contributed by atoms with E-state index in [0.717, 1.165) is 0 Å². The van der Waals surface area contributed by atoms with Gasteiger partial charge in [-0.3, -0.25) is 4.79 Å². The lowest BCUT2D eigenvalue weighted by atomic mass is 10.2. The number of carbonyl (C=O) groups excluding carboxylic acids is 1. The molecule has 3 nitrogen and oxygen atoms in total. The maximum Gasteiger partial charge on any atom is 0.233 e. The van der Waals surface area contributed by atoms with Crippen LogP contribution in [-0.4, -0.2) is 9.85 Å². The van der Waals surface area contributed by atoms with Gasteiger partial charge in [-0.25, -0.2) is 0 Å². The highest BCUT2D eigenvalue weighted by Gasteiger charge is 2.13. The van der Waals surface area contributed by atoms with Crippen LogP contribution in [0.15, 0.2) is 4.52 Å². The normalized spacial score (nSPS) is 9.90. The van der Waals surface area contributed by atoms with Gasteiger partial charge in [0, 0.05) is 0 Å². The average Bonchev–Trinajstić information content (AvgIpc) is 2.11. The van der Waals surface area contributed by atoms with Crippen LogP contribution < -0.4 is 0 Å². The highest BCUT2D eigenvalue weighted by Crippen LogP contribution is 2.14. The molecule has 0 N–H and O–H groups in total. The summed E-state index contributed by atoms with van der Waals surface area (Å²) in [6.45, 7) is 3.43. The van der Waals surface area contributed by atoms with Gasteiger partial charge in [-0.2, -0.15) is 0 Å². The lowest BCUT2D eigenvalue weighted by molar-refractivity contribution is 0.109. The number of rotatable bonds is 1. The number of hydrogen-bond acceptors (Lipinski definition) is 3. The van der Waals surface area contributed by atoms with Crippen molar-refractivity contribution in [3.63, 3.8) is 0 Å². The molecular weight excluding hydrogens is 198 g/mol. The molecule has 1 aromatic heterocycles. The first kappa shape index (κ1) is 7.47. The summed E-state index contributed by atoms with van der Waals surface area (Å²) in [7, 11) is 0. The van der Waals surface area contributed by atoms with Crippen molar-refractivity contribution in [1.29, 1.82) is 0 Å². The van der Waals surface area contributed by atoms with E-state index < -0.39 is 0 Å². The number of halogens is 1. The maximum atomic E-state index is 10.8. The zero-order valence-corrected chi connectivity index (χ0v) is 7.23. The second-order valence-electron chi connectivity index (χ2n) is 1.97. The molecule has 0 fully saturated rings. The van der Waals surface area contributed by atoms with Gasteiger partial charge in [-0.05, 0) is 29.8 Å². The van der Waals surface area contributed by atoms with Crippen LogP contribution in [0.1, 0.15) is 21.8 Å². The minimum atomic E-state index is -0.177. The molecule has 0 spiro atoms. The van der Waals surface area contributed by atoms with Crippen LogP contribution in [0.4, 0.5) is 0 Å². The van der Waals surface area contributed by atoms with Crippen molar-refractivity contribution in [2.75, 3.05) is 0 Å². The Morgan fingerprint density at radius 3 is 2.40 bits per heavy atom. The fraction of sp³-hybridized carbons (Fsp3) is 0.333. The van der Waals surface area contributed by atoms with Crippen LogP contribution >= 0.6 is 15.9 Å². The summed E-state index contributed by atoms with van der Waals surface area (Å²) in [4.78, 5) is 10.8. The first-order valence-corrected chi connectivity index (χ1v) is 3.55. The van der Waals surface area contributed by atoms with E-state index in [9.17, 15) is 4.79 Å². The molecule has 0 saturated carbocycles. The van der Waals surface area contributed by atoms with E-state index in [1.807, 2.05) is 0 Å². The number of hydrogen-bond donors (Lipinski definition) is 0. The number of aryl methyl sites for hydroxylation is 2. The van der Waals surface area contributed by atoms with Gasteiger partial charge in [0.2, 0.25) is 4.69 Å². The quantitative estimate of drug-likeness (QED) is 0.655. The van der Waals surface area contributed by atoms with Gasteiger partial charge in [0.1, 0.15) is 5.76 Å². The predicted molar refractivity (Wildman–Crippen MR) is 39.2 cm³/mol. The van der Waals surface area contributed by atoms with Crippen LogP contribution in [0.5, 0.6) is 0 Å². The zero-order valence-electron chi connectivity index (χ0n) is 5.64. The minimum absolute atomic E-state index is 0.177. The summed E-state index contributed by atoms with van der Waals surface area (Å²) in [6.07, 6.45) is 0. The molecule has 0 radical (unpaired) electrons. The van der Waals surface area contributed by atoms with Gasteiger partial charge in [0.15, 0.2) is 0 Å². The first-order chi connectivity index (χ1) is 4.63. The van der Waals surface area contributed by atoms with Gasteiger partial charge in [0.25, 0.3) is 0 Å². The lowest BCUT2D eigenvalue weighted by Gasteiger charge is -1.86. The molecular formula is C6H6BrNO2. The molecule has 0 unspecified atom stereocenters. The largest absolute Gasteiger partial charge is 0.361 e. The van der Waals surface area contributed by atoms with Crippen molar-refractivity contribution in [2.24, 2.45) is 0 Å². The zero-order chi connectivity index (χ0) is 7.72. The monoisotopic (exact) mass is 203 g/mol. The second kappa shape index (κ2) is 2.54. The van der Waals surface area contributed by atoms with Crippen LogP contribution in [0.3, 0.4) is 0 Å². The number of nitrogens with zero attached hydrogens (tertiary/aromatic N) is 1. The summed E-state index contributed by atoms with van der Waals surface area (Å²) in [5.41, 5.74) is 1.15. The Morgan fingerprint density at radius 2 is 2.20 bits per heavy atom. The Balaban J connectivity index is 3.23.